The van der Waals surface area contributed by atoms with Crippen LogP contribution in [0.5, 0.6) is 0 Å². The quantitative estimate of drug-likeness (QED) is 0.222. The third-order valence-corrected chi connectivity index (χ3v) is 9.44. The van der Waals surface area contributed by atoms with Gasteiger partial charge in [0.15, 0.2) is 5.11 Å². The van der Waals surface area contributed by atoms with Crippen LogP contribution >= 0.6 is 12.2 Å². The van der Waals surface area contributed by atoms with Gasteiger partial charge < -0.3 is 9.80 Å². The van der Waals surface area contributed by atoms with Crippen LogP contribution in [0, 0.1) is 17.1 Å². The lowest BCUT2D eigenvalue weighted by Crippen LogP contribution is -2.54. The number of piperidine rings is 1. The fourth-order valence-corrected chi connectivity index (χ4v) is 7.18. The van der Waals surface area contributed by atoms with Gasteiger partial charge in [-0.1, -0.05) is 24.3 Å². The van der Waals surface area contributed by atoms with Gasteiger partial charge in [0, 0.05) is 31.1 Å². The topological polar surface area (TPSA) is 109 Å². The van der Waals surface area contributed by atoms with E-state index in [9.17, 15) is 32.8 Å². The Morgan fingerprint density at radius 1 is 1.06 bits per heavy atom. The number of fused-ring (bicyclic) bond motifs is 1. The Bertz CT molecular complexity index is 1930. The summed E-state index contributed by atoms with van der Waals surface area (Å²) in [5.41, 5.74) is -1.35. The highest BCUT2D eigenvalue weighted by Gasteiger charge is 2.52. The maximum atomic E-state index is 15.0. The van der Waals surface area contributed by atoms with Crippen molar-refractivity contribution >= 4 is 40.7 Å². The first-order chi connectivity index (χ1) is 22.7. The van der Waals surface area contributed by atoms with Crippen LogP contribution in [-0.2, 0) is 17.4 Å². The number of nitriles is 1. The number of amides is 3. The Labute approximate surface area is 278 Å². The zero-order valence-electron chi connectivity index (χ0n) is 25.8. The summed E-state index contributed by atoms with van der Waals surface area (Å²) in [6.45, 7) is 3.71. The van der Waals surface area contributed by atoms with Crippen molar-refractivity contribution in [3.63, 3.8) is 0 Å². The first-order valence-electron chi connectivity index (χ1n) is 15.1. The van der Waals surface area contributed by atoms with Crippen molar-refractivity contribution < 1.29 is 31.9 Å². The van der Waals surface area contributed by atoms with Gasteiger partial charge in [0.2, 0.25) is 0 Å². The number of thiocarbonyl (C=S) groups is 1. The number of halogens is 4. The van der Waals surface area contributed by atoms with E-state index in [0.717, 1.165) is 17.0 Å². The Balaban J connectivity index is 1.17. The molecule has 0 saturated carbocycles. The summed E-state index contributed by atoms with van der Waals surface area (Å²) in [5, 5.41) is 17.1. The van der Waals surface area contributed by atoms with E-state index < -0.39 is 52.4 Å². The molecule has 246 valence electrons. The van der Waals surface area contributed by atoms with Gasteiger partial charge in [0.05, 0.1) is 28.4 Å². The lowest BCUT2D eigenvalue weighted by molar-refractivity contribution is -0.137. The van der Waals surface area contributed by atoms with E-state index in [0.29, 0.717) is 36.0 Å². The molecule has 0 N–H and O–H groups in total. The fraction of sp³-hybridized carbons (Fsp3) is 0.324. The third-order valence-electron chi connectivity index (χ3n) is 9.06. The van der Waals surface area contributed by atoms with Crippen molar-refractivity contribution in [2.75, 3.05) is 18.0 Å². The number of hydrogen-bond acceptors (Lipinski definition) is 6. The van der Waals surface area contributed by atoms with Crippen LogP contribution in [-0.4, -0.2) is 57.3 Å². The molecule has 2 fully saturated rings. The lowest BCUT2D eigenvalue weighted by atomic mass is 9.93. The number of carbonyl (C=O) groups excluding carboxylic acids is 3. The molecule has 48 heavy (non-hydrogen) atoms. The summed E-state index contributed by atoms with van der Waals surface area (Å²) >= 11 is 5.66. The number of carbonyl (C=O) groups is 3. The number of rotatable bonds is 5. The second-order valence-corrected chi connectivity index (χ2v) is 12.7. The predicted molar refractivity (Wildman–Crippen MR) is 170 cm³/mol. The number of hydrogen-bond donors (Lipinski definition) is 0. The molecule has 14 heteroatoms. The van der Waals surface area contributed by atoms with E-state index in [1.54, 1.807) is 49.1 Å². The molecule has 3 aliphatic rings. The van der Waals surface area contributed by atoms with E-state index in [1.807, 2.05) is 0 Å². The number of azo groups is 1. The smallest absolute Gasteiger partial charge is 0.338 e. The highest BCUT2D eigenvalue weighted by atomic mass is 32.1. The SMILES string of the molecule is CC1(C)C(=O)N(c2ccc(C#N)c(C(F)(F)F)c2)C(=S)N1C1CCN(C(=O)c2cc(CC3N=NC(=O)c4ccccc43)ccc2F)CC1. The Kier molecular flexibility index (Phi) is 8.36. The van der Waals surface area contributed by atoms with Crippen LogP contribution in [0.4, 0.5) is 23.2 Å². The molecule has 3 amide bonds. The molecule has 0 spiro atoms. The number of nitrogens with zero attached hydrogens (tertiary/aromatic N) is 6. The molecule has 0 bridgehead atoms. The molecule has 0 aromatic heterocycles. The number of likely N-dealkylation sites (tertiary alicyclic amines) is 1. The molecule has 1 unspecified atom stereocenters. The van der Waals surface area contributed by atoms with E-state index in [2.05, 4.69) is 10.2 Å². The molecule has 6 rings (SSSR count). The summed E-state index contributed by atoms with van der Waals surface area (Å²) in [6, 6.07) is 15.0. The van der Waals surface area contributed by atoms with Crippen LogP contribution in [0.1, 0.15) is 75.7 Å². The highest BCUT2D eigenvalue weighted by Crippen LogP contribution is 2.40. The van der Waals surface area contributed by atoms with Gasteiger partial charge in [0.25, 0.3) is 17.7 Å². The molecular weight excluding hydrogens is 648 g/mol. The zero-order chi connectivity index (χ0) is 34.5. The van der Waals surface area contributed by atoms with Crippen molar-refractivity contribution in [1.29, 1.82) is 5.26 Å². The Morgan fingerprint density at radius 3 is 2.46 bits per heavy atom. The monoisotopic (exact) mass is 676 g/mol. The third kappa shape index (κ3) is 5.72. The summed E-state index contributed by atoms with van der Waals surface area (Å²) in [4.78, 5) is 43.6. The average molecular weight is 677 g/mol. The minimum Gasteiger partial charge on any atom is -0.338 e. The first kappa shape index (κ1) is 32.9. The van der Waals surface area contributed by atoms with Gasteiger partial charge in [-0.2, -0.15) is 23.5 Å². The standard InChI is InChI=1S/C34H28F4N6O3S/c1-33(2)31(47)43(22-9-8-20(18-39)26(17-22)34(36,37)38)32(48)44(33)21-11-13-42(14-12-21)30(46)25-15-19(7-10-27(25)35)16-28-23-5-3-4-6-24(23)29(45)41-40-28/h3-10,15,17,21,28H,11-14,16H2,1-2H3. The molecule has 2 saturated heterocycles. The minimum absolute atomic E-state index is 0.0227. The Hall–Kier alpha value is -5.03. The minimum atomic E-state index is -4.81. The second-order valence-electron chi connectivity index (χ2n) is 12.4. The lowest BCUT2D eigenvalue weighted by Gasteiger charge is -2.42. The average Bonchev–Trinajstić information content (AvgIpc) is 3.24. The van der Waals surface area contributed by atoms with Crippen molar-refractivity contribution in [2.45, 2.75) is 56.9 Å². The Morgan fingerprint density at radius 2 is 1.77 bits per heavy atom. The van der Waals surface area contributed by atoms with E-state index >= 15 is 4.39 Å². The molecule has 1 atom stereocenters. The first-order valence-corrected chi connectivity index (χ1v) is 15.5. The van der Waals surface area contributed by atoms with Crippen LogP contribution in [0.15, 0.2) is 70.9 Å². The van der Waals surface area contributed by atoms with Crippen LogP contribution in [0.3, 0.4) is 0 Å². The normalized spacial score (nSPS) is 19.5. The highest BCUT2D eigenvalue weighted by molar-refractivity contribution is 7.80. The van der Waals surface area contributed by atoms with Crippen molar-refractivity contribution in [2.24, 2.45) is 10.2 Å². The summed E-state index contributed by atoms with van der Waals surface area (Å²) in [6.07, 6.45) is -3.78. The number of benzene rings is 3. The van der Waals surface area contributed by atoms with Crippen LogP contribution < -0.4 is 4.90 Å². The maximum Gasteiger partial charge on any atom is 0.417 e. The molecule has 3 aliphatic heterocycles. The number of alkyl halides is 3. The molecule has 3 aromatic rings. The largest absolute Gasteiger partial charge is 0.417 e. The molecular formula is C34H28F4N6O3S. The van der Waals surface area contributed by atoms with Gasteiger partial charge in [-0.05, 0) is 86.4 Å². The molecule has 0 radical (unpaired) electrons. The fourth-order valence-electron chi connectivity index (χ4n) is 6.61. The molecule has 9 nitrogen and oxygen atoms in total. The van der Waals surface area contributed by atoms with Gasteiger partial charge >= 0.3 is 6.18 Å². The van der Waals surface area contributed by atoms with Crippen LogP contribution in [0.2, 0.25) is 0 Å². The van der Waals surface area contributed by atoms with E-state index in [-0.39, 0.29) is 35.5 Å². The number of anilines is 1. The summed E-state index contributed by atoms with van der Waals surface area (Å²) in [7, 11) is 0. The molecule has 3 heterocycles. The van der Waals surface area contributed by atoms with E-state index in [4.69, 9.17) is 12.2 Å². The van der Waals surface area contributed by atoms with Crippen LogP contribution in [0.25, 0.3) is 0 Å². The van der Waals surface area contributed by atoms with Gasteiger partial charge in [0.1, 0.15) is 17.4 Å². The van der Waals surface area contributed by atoms with Gasteiger partial charge in [-0.3, -0.25) is 19.3 Å². The van der Waals surface area contributed by atoms with Crippen molar-refractivity contribution in [3.8, 4) is 6.07 Å². The summed E-state index contributed by atoms with van der Waals surface area (Å²) < 4.78 is 56.1. The maximum absolute atomic E-state index is 15.0. The van der Waals surface area contributed by atoms with E-state index in [1.165, 1.54) is 29.2 Å². The summed E-state index contributed by atoms with van der Waals surface area (Å²) in [5.74, 6) is -2.14. The molecule has 3 aromatic carbocycles. The second kappa shape index (κ2) is 12.2. The van der Waals surface area contributed by atoms with Crippen molar-refractivity contribution in [3.05, 3.63) is 99.9 Å². The molecule has 0 aliphatic carbocycles. The predicted octanol–water partition coefficient (Wildman–Crippen LogP) is 6.62. The van der Waals surface area contributed by atoms with Gasteiger partial charge in [-0.15, -0.1) is 5.11 Å². The zero-order valence-corrected chi connectivity index (χ0v) is 26.6. The van der Waals surface area contributed by atoms with Gasteiger partial charge in [-0.25, -0.2) is 4.39 Å². The van der Waals surface area contributed by atoms with Crippen molar-refractivity contribution in [1.82, 2.24) is 9.80 Å².